The molecule has 0 radical (unpaired) electrons. The average Bonchev–Trinajstić information content (AvgIpc) is 3.52. The van der Waals surface area contributed by atoms with Crippen LogP contribution in [-0.4, -0.2) is 35.9 Å². The van der Waals surface area contributed by atoms with E-state index in [1.54, 1.807) is 18.2 Å². The van der Waals surface area contributed by atoms with Gasteiger partial charge in [0.1, 0.15) is 0 Å². The Morgan fingerprint density at radius 2 is 1.93 bits per heavy atom. The Bertz CT molecular complexity index is 914. The highest BCUT2D eigenvalue weighted by Gasteiger charge is 2.27. The summed E-state index contributed by atoms with van der Waals surface area (Å²) in [4.78, 5) is 25.5. The van der Waals surface area contributed by atoms with Crippen molar-refractivity contribution in [1.82, 2.24) is 4.90 Å². The van der Waals surface area contributed by atoms with Crippen LogP contribution in [0.3, 0.4) is 0 Å². The molecule has 3 rings (SSSR count). The summed E-state index contributed by atoms with van der Waals surface area (Å²) in [7, 11) is 1.46. The van der Waals surface area contributed by atoms with Crippen LogP contribution in [-0.2, 0) is 0 Å². The number of nitro benzene ring substituents is 1. The van der Waals surface area contributed by atoms with Crippen molar-refractivity contribution in [2.75, 3.05) is 20.2 Å². The number of carbonyl (C=O) groups excluding carboxylic acids is 1. The van der Waals surface area contributed by atoms with Gasteiger partial charge in [0.2, 0.25) is 5.75 Å². The highest BCUT2D eigenvalue weighted by Crippen LogP contribution is 2.38. The normalized spacial score (nSPS) is 13.1. The summed E-state index contributed by atoms with van der Waals surface area (Å²) in [5.41, 5.74) is 0.243. The molecule has 0 atom stereocenters. The molecule has 2 aromatic rings. The highest BCUT2D eigenvalue weighted by molar-refractivity contribution is 6.30. The maximum Gasteiger partial charge on any atom is 0.313 e. The molecule has 1 aliphatic rings. The number of hydrogen-bond donors (Lipinski definition) is 0. The lowest BCUT2D eigenvalue weighted by molar-refractivity contribution is -0.385. The fourth-order valence-corrected chi connectivity index (χ4v) is 3.23. The summed E-state index contributed by atoms with van der Waals surface area (Å²) in [6.07, 6.45) is 3.23. The molecule has 0 aliphatic heterocycles. The van der Waals surface area contributed by atoms with E-state index in [1.807, 2.05) is 11.8 Å². The number of halogens is 1. The average molecular weight is 419 g/mol. The van der Waals surface area contributed by atoms with Gasteiger partial charge < -0.3 is 14.4 Å². The van der Waals surface area contributed by atoms with Crippen molar-refractivity contribution in [3.05, 3.63) is 57.1 Å². The van der Waals surface area contributed by atoms with Gasteiger partial charge in [-0.05, 0) is 55.5 Å². The summed E-state index contributed by atoms with van der Waals surface area (Å²) >= 11 is 5.85. The Kier molecular flexibility index (Phi) is 6.59. The molecule has 0 spiro atoms. The van der Waals surface area contributed by atoms with Crippen molar-refractivity contribution in [3.8, 4) is 17.2 Å². The van der Waals surface area contributed by atoms with Crippen molar-refractivity contribution in [1.29, 1.82) is 0 Å². The van der Waals surface area contributed by atoms with E-state index in [9.17, 15) is 14.9 Å². The molecule has 1 fully saturated rings. The molecular weight excluding hydrogens is 396 g/mol. The number of nitro groups is 1. The van der Waals surface area contributed by atoms with E-state index in [1.165, 1.54) is 38.2 Å². The first-order valence-corrected chi connectivity index (χ1v) is 9.89. The molecule has 0 unspecified atom stereocenters. The summed E-state index contributed by atoms with van der Waals surface area (Å²) < 4.78 is 11.1. The number of carbonyl (C=O) groups is 1. The zero-order valence-electron chi connectivity index (χ0n) is 16.4. The van der Waals surface area contributed by atoms with E-state index in [4.69, 9.17) is 21.1 Å². The van der Waals surface area contributed by atoms with Crippen LogP contribution in [0.15, 0.2) is 36.4 Å². The van der Waals surface area contributed by atoms with Crippen LogP contribution in [0.25, 0.3) is 0 Å². The van der Waals surface area contributed by atoms with Crippen molar-refractivity contribution < 1.29 is 19.2 Å². The summed E-state index contributed by atoms with van der Waals surface area (Å²) in [5.74, 6) is 1.18. The molecule has 8 heteroatoms. The Morgan fingerprint density at radius 3 is 2.55 bits per heavy atom. The van der Waals surface area contributed by atoms with Gasteiger partial charge in [0.25, 0.3) is 5.91 Å². The second kappa shape index (κ2) is 9.13. The van der Waals surface area contributed by atoms with E-state index in [-0.39, 0.29) is 28.1 Å². The lowest BCUT2D eigenvalue weighted by atomic mass is 10.1. The lowest BCUT2D eigenvalue weighted by Gasteiger charge is -2.22. The van der Waals surface area contributed by atoms with E-state index in [0.29, 0.717) is 23.8 Å². The smallest absolute Gasteiger partial charge is 0.313 e. The Balaban J connectivity index is 1.85. The third-order valence-corrected chi connectivity index (χ3v) is 4.94. The molecular formula is C21H23ClN2O5. The third-order valence-electron chi connectivity index (χ3n) is 4.70. The van der Waals surface area contributed by atoms with Crippen LogP contribution in [0.5, 0.6) is 17.2 Å². The maximum atomic E-state index is 12.9. The largest absolute Gasteiger partial charge is 0.493 e. The summed E-state index contributed by atoms with van der Waals surface area (Å²) in [5, 5.41) is 11.5. The number of benzene rings is 2. The van der Waals surface area contributed by atoms with Crippen LogP contribution >= 0.6 is 11.6 Å². The predicted octanol–water partition coefficient (Wildman–Crippen LogP) is 5.31. The number of ether oxygens (including phenoxy) is 2. The van der Waals surface area contributed by atoms with Gasteiger partial charge in [0.05, 0.1) is 12.0 Å². The molecule has 0 aromatic heterocycles. The van der Waals surface area contributed by atoms with E-state index < -0.39 is 4.92 Å². The topological polar surface area (TPSA) is 81.9 Å². The van der Waals surface area contributed by atoms with Crippen molar-refractivity contribution in [3.63, 3.8) is 0 Å². The second-order valence-corrected chi connectivity index (χ2v) is 7.47. The van der Waals surface area contributed by atoms with E-state index in [0.717, 1.165) is 13.0 Å². The fourth-order valence-electron chi connectivity index (χ4n) is 3.06. The number of nitrogens with zero attached hydrogens (tertiary/aromatic N) is 2. The predicted molar refractivity (Wildman–Crippen MR) is 110 cm³/mol. The molecule has 154 valence electrons. The van der Waals surface area contributed by atoms with Gasteiger partial charge in [-0.3, -0.25) is 14.9 Å². The first kappa shape index (κ1) is 20.9. The highest BCUT2D eigenvalue weighted by atomic mass is 35.5. The molecule has 0 N–H and O–H groups in total. The Morgan fingerprint density at radius 1 is 1.21 bits per heavy atom. The van der Waals surface area contributed by atoms with Gasteiger partial charge in [0, 0.05) is 29.7 Å². The minimum absolute atomic E-state index is 0.0399. The molecule has 0 heterocycles. The third kappa shape index (κ3) is 5.17. The van der Waals surface area contributed by atoms with Gasteiger partial charge in [-0.2, -0.15) is 0 Å². The Labute approximate surface area is 174 Å². The zero-order valence-corrected chi connectivity index (χ0v) is 17.1. The van der Waals surface area contributed by atoms with E-state index >= 15 is 0 Å². The minimum Gasteiger partial charge on any atom is -0.493 e. The molecule has 1 amide bonds. The zero-order chi connectivity index (χ0) is 21.0. The standard InChI is InChI=1S/C21H23ClN2O5/c1-3-10-23(13-14-4-5-14)21(25)15-6-8-19(20(11-15)28-2)29-18-9-7-16(22)12-17(18)24(26)27/h6-9,11-12,14H,3-5,10,13H2,1-2H3. The van der Waals surface area contributed by atoms with Crippen molar-refractivity contribution in [2.45, 2.75) is 26.2 Å². The van der Waals surface area contributed by atoms with Crippen molar-refractivity contribution in [2.24, 2.45) is 5.92 Å². The van der Waals surface area contributed by atoms with Crippen molar-refractivity contribution >= 4 is 23.2 Å². The van der Waals surface area contributed by atoms with Gasteiger partial charge in [-0.15, -0.1) is 0 Å². The fraction of sp³-hybridized carbons (Fsp3) is 0.381. The molecule has 2 aromatic carbocycles. The molecule has 29 heavy (non-hydrogen) atoms. The van der Waals surface area contributed by atoms with Gasteiger partial charge in [0.15, 0.2) is 11.5 Å². The SMILES string of the molecule is CCCN(CC1CC1)C(=O)c1ccc(Oc2ccc(Cl)cc2[N+](=O)[O-])c(OC)c1. The summed E-state index contributed by atoms with van der Waals surface area (Å²) in [6, 6.07) is 9.01. The molecule has 1 aliphatic carbocycles. The first-order chi connectivity index (χ1) is 13.9. The minimum atomic E-state index is -0.563. The summed E-state index contributed by atoms with van der Waals surface area (Å²) in [6.45, 7) is 3.51. The maximum absolute atomic E-state index is 12.9. The first-order valence-electron chi connectivity index (χ1n) is 9.52. The molecule has 7 nitrogen and oxygen atoms in total. The van der Waals surface area contributed by atoms with Gasteiger partial charge in [-0.1, -0.05) is 18.5 Å². The number of amides is 1. The van der Waals surface area contributed by atoms with E-state index in [2.05, 4.69) is 0 Å². The second-order valence-electron chi connectivity index (χ2n) is 7.03. The van der Waals surface area contributed by atoms with Crippen LogP contribution < -0.4 is 9.47 Å². The number of methoxy groups -OCH3 is 1. The lowest BCUT2D eigenvalue weighted by Crippen LogP contribution is -2.33. The quantitative estimate of drug-likeness (QED) is 0.407. The van der Waals surface area contributed by atoms with Crippen LogP contribution in [0.2, 0.25) is 5.02 Å². The monoisotopic (exact) mass is 418 g/mol. The Hall–Kier alpha value is -2.80. The molecule has 1 saturated carbocycles. The molecule has 0 saturated heterocycles. The number of rotatable bonds is 9. The molecule has 0 bridgehead atoms. The van der Waals surface area contributed by atoms with Crippen LogP contribution in [0, 0.1) is 16.0 Å². The van der Waals surface area contributed by atoms with Gasteiger partial charge in [-0.25, -0.2) is 0 Å². The number of hydrogen-bond acceptors (Lipinski definition) is 5. The van der Waals surface area contributed by atoms with Gasteiger partial charge >= 0.3 is 5.69 Å². The van der Waals surface area contributed by atoms with Crippen LogP contribution in [0.4, 0.5) is 5.69 Å². The van der Waals surface area contributed by atoms with Crippen LogP contribution in [0.1, 0.15) is 36.5 Å².